The van der Waals surface area contributed by atoms with Gasteiger partial charge in [-0.2, -0.15) is 0 Å². The smallest absolute Gasteiger partial charge is 0.293 e. The van der Waals surface area contributed by atoms with E-state index in [0.29, 0.717) is 24.1 Å². The Morgan fingerprint density at radius 3 is 2.45 bits per heavy atom. The van der Waals surface area contributed by atoms with Crippen LogP contribution in [0.2, 0.25) is 0 Å². The predicted molar refractivity (Wildman–Crippen MR) is 144 cm³/mol. The Morgan fingerprint density at radius 1 is 1.15 bits per heavy atom. The van der Waals surface area contributed by atoms with Crippen molar-refractivity contribution in [3.63, 3.8) is 0 Å². The number of hydrogen-bond acceptors (Lipinski definition) is 3. The van der Waals surface area contributed by atoms with Gasteiger partial charge in [0.15, 0.2) is 5.78 Å². The van der Waals surface area contributed by atoms with Crippen LogP contribution >= 0.6 is 22.6 Å². The molecule has 0 aliphatic heterocycles. The lowest BCUT2D eigenvalue weighted by Gasteiger charge is -2.57. The predicted octanol–water partition coefficient (Wildman–Crippen LogP) is 7.80. The van der Waals surface area contributed by atoms with Crippen molar-refractivity contribution in [2.45, 2.75) is 105 Å². The zero-order chi connectivity index (χ0) is 24.6. The summed E-state index contributed by atoms with van der Waals surface area (Å²) < 4.78 is 6.58. The fourth-order valence-corrected chi connectivity index (χ4v) is 9.56. The summed E-state index contributed by atoms with van der Waals surface area (Å²) in [7, 11) is 0. The molecule has 2 fully saturated rings. The van der Waals surface area contributed by atoms with Gasteiger partial charge in [0, 0.05) is 10.3 Å². The Kier molecular flexibility index (Phi) is 8.49. The average molecular weight is 571 g/mol. The van der Waals surface area contributed by atoms with E-state index in [1.54, 1.807) is 0 Å². The molecule has 3 nitrogen and oxygen atoms in total. The van der Waals surface area contributed by atoms with Crippen molar-refractivity contribution < 1.29 is 14.3 Å². The Bertz CT molecular complexity index is 756. The number of hydrogen-bond donors (Lipinski definition) is 0. The van der Waals surface area contributed by atoms with E-state index >= 15 is 0 Å². The number of ketones is 1. The van der Waals surface area contributed by atoms with Crippen LogP contribution in [0.15, 0.2) is 11.6 Å². The van der Waals surface area contributed by atoms with Crippen molar-refractivity contribution in [3.8, 4) is 0 Å². The molecular formula is C29H47IO3. The van der Waals surface area contributed by atoms with Crippen LogP contribution in [0, 0.1) is 46.3 Å². The minimum Gasteiger partial charge on any atom is -0.457 e. The molecule has 0 N–H and O–H groups in total. The molecule has 0 aromatic rings. The molecule has 7 atom stereocenters. The maximum Gasteiger partial charge on any atom is 0.293 e. The molecule has 4 heteroatoms. The van der Waals surface area contributed by atoms with Crippen LogP contribution in [0.5, 0.6) is 0 Å². The average Bonchev–Trinajstić information content (AvgIpc) is 3.07. The maximum absolute atomic E-state index is 13.8. The maximum atomic E-state index is 13.8. The molecule has 3 aliphatic rings. The number of halogens is 1. The van der Waals surface area contributed by atoms with Gasteiger partial charge >= 0.3 is 0 Å². The topological polar surface area (TPSA) is 43.4 Å². The number of carbonyl (C=O) groups is 2. The number of allylic oxidation sites excluding steroid dienone is 1. The molecule has 188 valence electrons. The van der Waals surface area contributed by atoms with Crippen LogP contribution in [0.1, 0.15) is 99.8 Å². The molecule has 33 heavy (non-hydrogen) atoms. The standard InChI is InChI=1S/C29H47IO3/c1-19(2)9-8-10-20(3)21-11-12-22-26-23(13-14-28(21,22)6)29(7,15-16-30)25(17-24(26)32)27(4,5)33-18-31/h17-23,26H,8-16H2,1-7H3/t20-,21-,22+,23+,26+,28-,29-/m1/s1. The zero-order valence-electron chi connectivity index (χ0n) is 22.1. The quantitative estimate of drug-likeness (QED) is 0.153. The highest BCUT2D eigenvalue weighted by Gasteiger charge is 2.62. The van der Waals surface area contributed by atoms with E-state index in [-0.39, 0.29) is 16.7 Å². The van der Waals surface area contributed by atoms with Crippen molar-refractivity contribution in [1.82, 2.24) is 0 Å². The summed E-state index contributed by atoms with van der Waals surface area (Å²) in [5, 5.41) is 0. The van der Waals surface area contributed by atoms with Crippen molar-refractivity contribution >= 4 is 34.8 Å². The van der Waals surface area contributed by atoms with Crippen LogP contribution in [0.3, 0.4) is 0 Å². The second-order valence-electron chi connectivity index (χ2n) is 12.8. The van der Waals surface area contributed by atoms with E-state index < -0.39 is 5.60 Å². The monoisotopic (exact) mass is 570 g/mol. The van der Waals surface area contributed by atoms with Gasteiger partial charge < -0.3 is 4.74 Å². The fourth-order valence-electron chi connectivity index (χ4n) is 8.44. The van der Waals surface area contributed by atoms with E-state index in [4.69, 9.17) is 4.74 Å². The summed E-state index contributed by atoms with van der Waals surface area (Å²) in [5.41, 5.74) is 0.464. The van der Waals surface area contributed by atoms with Gasteiger partial charge in [0.05, 0.1) is 0 Å². The van der Waals surface area contributed by atoms with E-state index in [2.05, 4.69) is 57.2 Å². The van der Waals surface area contributed by atoms with Gasteiger partial charge in [0.1, 0.15) is 5.60 Å². The van der Waals surface area contributed by atoms with E-state index in [0.717, 1.165) is 40.6 Å². The molecule has 0 unspecified atom stereocenters. The summed E-state index contributed by atoms with van der Waals surface area (Å²) in [5.74, 6) is 3.52. The molecule has 3 rings (SSSR count). The molecule has 0 radical (unpaired) electrons. The van der Waals surface area contributed by atoms with Gasteiger partial charge in [-0.3, -0.25) is 9.59 Å². The highest BCUT2D eigenvalue weighted by Crippen LogP contribution is 2.66. The molecule has 3 aliphatic carbocycles. The van der Waals surface area contributed by atoms with Gasteiger partial charge in [0.2, 0.25) is 0 Å². The number of carbonyl (C=O) groups excluding carboxylic acids is 2. The first-order valence-corrected chi connectivity index (χ1v) is 14.9. The third kappa shape index (κ3) is 4.98. The third-order valence-electron chi connectivity index (χ3n) is 10.1. The van der Waals surface area contributed by atoms with Crippen LogP contribution < -0.4 is 0 Å². The van der Waals surface area contributed by atoms with Crippen molar-refractivity contribution in [2.75, 3.05) is 4.43 Å². The van der Waals surface area contributed by atoms with Crippen LogP contribution in [0.25, 0.3) is 0 Å². The second-order valence-corrected chi connectivity index (χ2v) is 13.9. The summed E-state index contributed by atoms with van der Waals surface area (Å²) in [4.78, 5) is 25.0. The Morgan fingerprint density at radius 2 is 1.85 bits per heavy atom. The number of alkyl halides is 1. The normalized spacial score (nSPS) is 37.4. The van der Waals surface area contributed by atoms with E-state index in [9.17, 15) is 9.59 Å². The van der Waals surface area contributed by atoms with Crippen molar-refractivity contribution in [3.05, 3.63) is 11.6 Å². The van der Waals surface area contributed by atoms with Crippen LogP contribution in [-0.4, -0.2) is 22.3 Å². The van der Waals surface area contributed by atoms with E-state index in [1.165, 1.54) is 38.5 Å². The second kappa shape index (κ2) is 10.3. The van der Waals surface area contributed by atoms with Crippen molar-refractivity contribution in [2.24, 2.45) is 46.3 Å². The Hall–Kier alpha value is -0.390. The molecule has 0 aromatic carbocycles. The van der Waals surface area contributed by atoms with Gasteiger partial charge in [-0.15, -0.1) is 0 Å². The van der Waals surface area contributed by atoms with Gasteiger partial charge in [-0.1, -0.05) is 76.5 Å². The molecule has 0 bridgehead atoms. The number of rotatable bonds is 10. The summed E-state index contributed by atoms with van der Waals surface area (Å²) in [6.07, 6.45) is 11.7. The SMILES string of the molecule is CC(C)CCC[C@@H](C)[C@H]1CC[C@H]2[C@@H]3C(=O)C=C(C(C)(C)OC=O)[C@](C)(CCI)[C@H]3CC[C@]12C. The highest BCUT2D eigenvalue weighted by molar-refractivity contribution is 14.1. The van der Waals surface area contributed by atoms with Crippen molar-refractivity contribution in [1.29, 1.82) is 0 Å². The van der Waals surface area contributed by atoms with E-state index in [1.807, 2.05) is 19.9 Å². The molecular weight excluding hydrogens is 523 g/mol. The van der Waals surface area contributed by atoms with Gasteiger partial charge in [0.25, 0.3) is 6.47 Å². The molecule has 0 heterocycles. The molecule has 0 saturated heterocycles. The molecule has 0 amide bonds. The summed E-state index contributed by atoms with van der Waals surface area (Å²) in [6.45, 7) is 16.4. The number of ether oxygens (including phenoxy) is 1. The lowest BCUT2D eigenvalue weighted by Crippen LogP contribution is -2.55. The zero-order valence-corrected chi connectivity index (χ0v) is 24.2. The summed E-state index contributed by atoms with van der Waals surface area (Å²) in [6, 6.07) is 0. The largest absolute Gasteiger partial charge is 0.457 e. The molecule has 0 spiro atoms. The first-order valence-electron chi connectivity index (χ1n) is 13.4. The van der Waals surface area contributed by atoms with Crippen LogP contribution in [0.4, 0.5) is 0 Å². The molecule has 2 saturated carbocycles. The fraction of sp³-hybridized carbons (Fsp3) is 0.862. The first-order chi connectivity index (χ1) is 15.4. The highest BCUT2D eigenvalue weighted by atomic mass is 127. The Balaban J connectivity index is 1.91. The van der Waals surface area contributed by atoms with Gasteiger partial charge in [-0.05, 0) is 98.0 Å². The molecule has 0 aromatic heterocycles. The van der Waals surface area contributed by atoms with Crippen LogP contribution in [-0.2, 0) is 14.3 Å². The number of fused-ring (bicyclic) bond motifs is 3. The van der Waals surface area contributed by atoms with Gasteiger partial charge in [-0.25, -0.2) is 0 Å². The minimum absolute atomic E-state index is 0.103. The first kappa shape index (κ1) is 27.2. The Labute approximate surface area is 216 Å². The lowest BCUT2D eigenvalue weighted by atomic mass is 9.47. The minimum atomic E-state index is -0.743. The third-order valence-corrected chi connectivity index (χ3v) is 10.7. The lowest BCUT2D eigenvalue weighted by molar-refractivity contribution is -0.144. The summed E-state index contributed by atoms with van der Waals surface area (Å²) >= 11 is 2.47.